The molecule has 2 aromatic carbocycles. The zero-order chi connectivity index (χ0) is 24.0. The van der Waals surface area contributed by atoms with Crippen LogP contribution in [-0.4, -0.2) is 30.5 Å². The van der Waals surface area contributed by atoms with Crippen molar-refractivity contribution in [3.8, 4) is 0 Å². The fourth-order valence-corrected chi connectivity index (χ4v) is 6.08. The second-order valence-electron chi connectivity index (χ2n) is 7.47. The lowest BCUT2D eigenvalue weighted by Gasteiger charge is -2.13. The van der Waals surface area contributed by atoms with E-state index in [1.54, 1.807) is 6.07 Å². The van der Waals surface area contributed by atoms with Crippen LogP contribution in [0.5, 0.6) is 0 Å². The lowest BCUT2D eigenvalue weighted by atomic mass is 10.1. The van der Waals surface area contributed by atoms with Gasteiger partial charge in [0, 0.05) is 17.5 Å². The van der Waals surface area contributed by atoms with Crippen LogP contribution in [-0.2, 0) is 32.2 Å². The highest BCUT2D eigenvalue weighted by Crippen LogP contribution is 2.34. The van der Waals surface area contributed by atoms with Gasteiger partial charge in [0.2, 0.25) is 0 Å². The number of benzene rings is 2. The van der Waals surface area contributed by atoms with Gasteiger partial charge in [0.1, 0.15) is 0 Å². The van der Waals surface area contributed by atoms with Gasteiger partial charge in [-0.15, -0.1) is 11.3 Å². The lowest BCUT2D eigenvalue weighted by molar-refractivity contribution is -0.140. The molecule has 33 heavy (non-hydrogen) atoms. The number of esters is 1. The summed E-state index contributed by atoms with van der Waals surface area (Å²) >= 11 is 1.43. The van der Waals surface area contributed by atoms with Gasteiger partial charge in [0.05, 0.1) is 38.3 Å². The van der Waals surface area contributed by atoms with Crippen molar-refractivity contribution in [2.45, 2.75) is 37.3 Å². The Kier molecular flexibility index (Phi) is 5.95. The number of hydrogen-bond acceptors (Lipinski definition) is 6. The topological polar surface area (TPSA) is 78.3 Å². The Balaban J connectivity index is 1.86. The van der Waals surface area contributed by atoms with Crippen molar-refractivity contribution in [3.05, 3.63) is 58.7 Å². The van der Waals surface area contributed by atoms with Gasteiger partial charge in [-0.25, -0.2) is 17.4 Å². The van der Waals surface area contributed by atoms with Gasteiger partial charge in [-0.2, -0.15) is 13.2 Å². The highest BCUT2D eigenvalue weighted by Gasteiger charge is 2.32. The molecule has 2 heterocycles. The van der Waals surface area contributed by atoms with E-state index in [9.17, 15) is 26.4 Å². The van der Waals surface area contributed by atoms with Crippen LogP contribution in [0.2, 0.25) is 0 Å². The van der Waals surface area contributed by atoms with E-state index >= 15 is 0 Å². The van der Waals surface area contributed by atoms with Crippen molar-refractivity contribution >= 4 is 48.4 Å². The Morgan fingerprint density at radius 1 is 1.15 bits per heavy atom. The maximum atomic E-state index is 13.6. The molecule has 2 aromatic heterocycles. The van der Waals surface area contributed by atoms with E-state index in [1.807, 2.05) is 6.92 Å². The highest BCUT2D eigenvalue weighted by molar-refractivity contribution is 7.90. The summed E-state index contributed by atoms with van der Waals surface area (Å²) in [6, 6.07) is 8.96. The molecule has 0 aliphatic rings. The van der Waals surface area contributed by atoms with Crippen LogP contribution in [0, 0.1) is 6.92 Å². The largest absolute Gasteiger partial charge is 0.469 e. The fourth-order valence-electron chi connectivity index (χ4n) is 3.69. The Bertz CT molecular complexity index is 1470. The van der Waals surface area contributed by atoms with Crippen molar-refractivity contribution in [1.29, 1.82) is 0 Å². The van der Waals surface area contributed by atoms with Gasteiger partial charge in [-0.05, 0) is 62.2 Å². The monoisotopic (exact) mass is 496 g/mol. The summed E-state index contributed by atoms with van der Waals surface area (Å²) < 4.78 is 73.4. The number of carbonyl (C=O) groups is 1. The Labute approximate surface area is 191 Å². The first-order valence-electron chi connectivity index (χ1n) is 9.92. The minimum atomic E-state index is -4.56. The molecule has 0 saturated carbocycles. The van der Waals surface area contributed by atoms with Gasteiger partial charge in [-0.1, -0.05) is 0 Å². The summed E-state index contributed by atoms with van der Waals surface area (Å²) in [4.78, 5) is 15.8. The van der Waals surface area contributed by atoms with E-state index in [0.717, 1.165) is 31.9 Å². The molecule has 4 aromatic rings. The minimum absolute atomic E-state index is 0.0214. The van der Waals surface area contributed by atoms with Crippen LogP contribution in [0.15, 0.2) is 47.4 Å². The van der Waals surface area contributed by atoms with Gasteiger partial charge in [-0.3, -0.25) is 4.79 Å². The van der Waals surface area contributed by atoms with Gasteiger partial charge < -0.3 is 4.74 Å². The molecular formula is C22H19F3N2O4S2. The van der Waals surface area contributed by atoms with E-state index in [1.165, 1.54) is 36.6 Å². The van der Waals surface area contributed by atoms with E-state index in [2.05, 4.69) is 9.72 Å². The average molecular weight is 497 g/mol. The van der Waals surface area contributed by atoms with Gasteiger partial charge >= 0.3 is 12.1 Å². The van der Waals surface area contributed by atoms with E-state index < -0.39 is 27.7 Å². The zero-order valence-electron chi connectivity index (χ0n) is 17.6. The minimum Gasteiger partial charge on any atom is -0.469 e. The molecule has 0 fully saturated rings. The van der Waals surface area contributed by atoms with Crippen molar-refractivity contribution in [2.75, 3.05) is 7.11 Å². The third-order valence-corrected chi connectivity index (χ3v) is 7.92. The van der Waals surface area contributed by atoms with E-state index in [0.29, 0.717) is 5.52 Å². The molecule has 0 radical (unpaired) electrons. The number of thiazole rings is 1. The number of aromatic nitrogens is 2. The maximum absolute atomic E-state index is 13.6. The van der Waals surface area contributed by atoms with Crippen LogP contribution >= 0.6 is 11.3 Å². The summed E-state index contributed by atoms with van der Waals surface area (Å²) in [6.45, 7) is 1.82. The summed E-state index contributed by atoms with van der Waals surface area (Å²) in [5.41, 5.74) is 0.0695. The second kappa shape index (κ2) is 8.45. The molecule has 4 rings (SSSR count). The number of carbonyl (C=O) groups excluding carboxylic acids is 1. The quantitative estimate of drug-likeness (QED) is 0.338. The van der Waals surface area contributed by atoms with Crippen molar-refractivity contribution in [3.63, 3.8) is 0 Å². The van der Waals surface area contributed by atoms with E-state index in [4.69, 9.17) is 0 Å². The molecule has 11 heteroatoms. The predicted octanol–water partition coefficient (Wildman–Crippen LogP) is 5.31. The molecule has 0 aliphatic heterocycles. The first-order chi connectivity index (χ1) is 15.5. The van der Waals surface area contributed by atoms with Gasteiger partial charge in [0.25, 0.3) is 10.0 Å². The van der Waals surface area contributed by atoms with Crippen molar-refractivity contribution < 1.29 is 31.1 Å². The average Bonchev–Trinajstić information content (AvgIpc) is 3.30. The third-order valence-electron chi connectivity index (χ3n) is 5.20. The van der Waals surface area contributed by atoms with Crippen LogP contribution in [0.25, 0.3) is 21.1 Å². The number of alkyl halides is 3. The molecule has 0 spiro atoms. The highest BCUT2D eigenvalue weighted by atomic mass is 32.2. The Morgan fingerprint density at radius 3 is 2.61 bits per heavy atom. The number of nitrogens with zero attached hydrogens (tertiary/aromatic N) is 2. The molecule has 0 atom stereocenters. The number of rotatable bonds is 6. The summed E-state index contributed by atoms with van der Waals surface area (Å²) in [5, 5.41) is 0.932. The Hall–Kier alpha value is -2.92. The molecule has 0 amide bonds. The molecule has 0 bridgehead atoms. The number of halogens is 3. The van der Waals surface area contributed by atoms with Crippen LogP contribution in [0.3, 0.4) is 0 Å². The summed E-state index contributed by atoms with van der Waals surface area (Å²) in [7, 11) is -2.91. The first-order valence-corrected chi connectivity index (χ1v) is 12.2. The third kappa shape index (κ3) is 4.47. The Morgan fingerprint density at radius 2 is 1.91 bits per heavy atom. The van der Waals surface area contributed by atoms with Crippen LogP contribution in [0.4, 0.5) is 13.2 Å². The molecule has 0 N–H and O–H groups in total. The summed E-state index contributed by atoms with van der Waals surface area (Å²) in [5.74, 6) is -0.454. The molecule has 174 valence electrons. The second-order valence-corrected chi connectivity index (χ2v) is 10.5. The number of fused-ring (bicyclic) bond motifs is 2. The lowest BCUT2D eigenvalue weighted by Crippen LogP contribution is -2.16. The number of hydrogen-bond donors (Lipinski definition) is 0. The van der Waals surface area contributed by atoms with Gasteiger partial charge in [0.15, 0.2) is 0 Å². The SMILES string of the molecule is COC(=O)CCCc1cc2cc(C(F)(F)F)ccc2n1S(=O)(=O)c1ccc2sc(C)nc2c1. The van der Waals surface area contributed by atoms with Crippen LogP contribution < -0.4 is 0 Å². The number of methoxy groups -OCH3 is 1. The smallest absolute Gasteiger partial charge is 0.416 e. The molecule has 6 nitrogen and oxygen atoms in total. The van der Waals surface area contributed by atoms with Crippen LogP contribution in [0.1, 0.15) is 29.1 Å². The standard InChI is InChI=1S/C22H19F3N2O4S2/c1-13-26-18-12-17(7-9-20(18)32-13)33(29,30)27-16(4-3-5-21(28)31-2)11-14-10-15(22(23,24)25)6-8-19(14)27/h6-12H,3-5H2,1-2H3. The van der Waals surface area contributed by atoms with E-state index in [-0.39, 0.29) is 40.8 Å². The molecule has 0 aliphatic carbocycles. The predicted molar refractivity (Wildman–Crippen MR) is 119 cm³/mol. The molecule has 0 saturated heterocycles. The summed E-state index contributed by atoms with van der Waals surface area (Å²) in [6.07, 6.45) is -4.08. The normalized spacial score (nSPS) is 12.5. The molecular weight excluding hydrogens is 477 g/mol. The zero-order valence-corrected chi connectivity index (χ0v) is 19.3. The number of ether oxygens (including phenoxy) is 1. The fraction of sp³-hybridized carbons (Fsp3) is 0.273. The number of aryl methyl sites for hydroxylation is 2. The van der Waals surface area contributed by atoms with Crippen molar-refractivity contribution in [2.24, 2.45) is 0 Å². The molecule has 0 unspecified atom stereocenters. The first kappa shape index (κ1) is 23.2. The maximum Gasteiger partial charge on any atom is 0.416 e. The van der Waals surface area contributed by atoms with Crippen molar-refractivity contribution in [1.82, 2.24) is 8.96 Å².